The summed E-state index contributed by atoms with van der Waals surface area (Å²) in [4.78, 5) is 0. The Morgan fingerprint density at radius 3 is 1.94 bits per heavy atom. The maximum absolute atomic E-state index is 12.1. The molecule has 2 atom stereocenters. The molecule has 0 bridgehead atoms. The van der Waals surface area contributed by atoms with Crippen molar-refractivity contribution in [3.05, 3.63) is 29.8 Å². The van der Waals surface area contributed by atoms with Crippen molar-refractivity contribution in [2.75, 3.05) is 0 Å². The van der Waals surface area contributed by atoms with E-state index in [1.165, 1.54) is 24.3 Å². The minimum Gasteiger partial charge on any atom is -0.508 e. The van der Waals surface area contributed by atoms with E-state index >= 15 is 0 Å². The molecule has 7 heteroatoms. The van der Waals surface area contributed by atoms with Crippen LogP contribution < -0.4 is 5.73 Å². The second-order valence-corrected chi connectivity index (χ2v) is 3.10. The number of aromatic hydroxyl groups is 1. The van der Waals surface area contributed by atoms with Crippen LogP contribution in [0.25, 0.3) is 0 Å². The first-order valence-corrected chi connectivity index (χ1v) is 4.11. The smallest absolute Gasteiger partial charge is 0.416 e. The molecular weight excluding hydrogens is 247 g/mol. The van der Waals surface area contributed by atoms with Gasteiger partial charge in [0.15, 0.2) is 6.10 Å². The van der Waals surface area contributed by atoms with Gasteiger partial charge in [-0.25, -0.2) is 0 Å². The summed E-state index contributed by atoms with van der Waals surface area (Å²) in [6, 6.07) is 3.33. The molecule has 0 unspecified atom stereocenters. The highest BCUT2D eigenvalue weighted by atomic mass is 35.5. The topological polar surface area (TPSA) is 66.5 Å². The average Bonchev–Trinajstić information content (AvgIpc) is 2.15. The maximum atomic E-state index is 12.1. The predicted molar refractivity (Wildman–Crippen MR) is 54.3 cm³/mol. The highest BCUT2D eigenvalue weighted by Crippen LogP contribution is 2.29. The predicted octanol–water partition coefficient (Wildman–Crippen LogP) is 1.74. The van der Waals surface area contributed by atoms with Crippen molar-refractivity contribution in [3.8, 4) is 5.75 Å². The molecule has 0 radical (unpaired) electrons. The Morgan fingerprint density at radius 1 is 1.12 bits per heavy atom. The number of halogens is 4. The van der Waals surface area contributed by atoms with E-state index in [0.29, 0.717) is 0 Å². The van der Waals surface area contributed by atoms with Crippen molar-refractivity contribution >= 4 is 12.4 Å². The van der Waals surface area contributed by atoms with Gasteiger partial charge in [-0.3, -0.25) is 0 Å². The molecule has 0 aliphatic carbocycles. The minimum absolute atomic E-state index is 0. The highest BCUT2D eigenvalue weighted by molar-refractivity contribution is 5.85. The van der Waals surface area contributed by atoms with Crippen LogP contribution in [0.2, 0.25) is 0 Å². The molecule has 3 nitrogen and oxygen atoms in total. The summed E-state index contributed by atoms with van der Waals surface area (Å²) >= 11 is 0. The molecule has 0 aromatic heterocycles. The third-order valence-electron chi connectivity index (χ3n) is 1.95. The molecule has 1 rings (SSSR count). The van der Waals surface area contributed by atoms with Crippen LogP contribution >= 0.6 is 12.4 Å². The molecule has 0 aliphatic rings. The van der Waals surface area contributed by atoms with Gasteiger partial charge in [0.25, 0.3) is 0 Å². The second-order valence-electron chi connectivity index (χ2n) is 3.10. The molecule has 16 heavy (non-hydrogen) atoms. The van der Waals surface area contributed by atoms with Gasteiger partial charge in [-0.05, 0) is 17.7 Å². The first-order valence-electron chi connectivity index (χ1n) is 4.11. The standard InChI is InChI=1S/C9H10F3NO2.ClH/c10-9(11,12)8(15)7(13)5-1-3-6(14)4-2-5;/h1-4,7-8,14-15H,13H2;1H/t7-,8-;/m1./s1. The third-order valence-corrected chi connectivity index (χ3v) is 1.95. The Hall–Kier alpha value is -0.980. The molecule has 0 saturated heterocycles. The van der Waals surface area contributed by atoms with Gasteiger partial charge in [-0.15, -0.1) is 12.4 Å². The number of aliphatic hydroxyl groups excluding tert-OH is 1. The zero-order chi connectivity index (χ0) is 11.6. The minimum atomic E-state index is -4.75. The monoisotopic (exact) mass is 257 g/mol. The molecular formula is C9H11ClF3NO2. The van der Waals surface area contributed by atoms with Crippen LogP contribution in [0.3, 0.4) is 0 Å². The summed E-state index contributed by atoms with van der Waals surface area (Å²) in [6.45, 7) is 0. The van der Waals surface area contributed by atoms with Crippen LogP contribution in [0.15, 0.2) is 24.3 Å². The van der Waals surface area contributed by atoms with Crippen molar-refractivity contribution in [1.29, 1.82) is 0 Å². The van der Waals surface area contributed by atoms with Crippen molar-refractivity contribution in [2.45, 2.75) is 18.3 Å². The van der Waals surface area contributed by atoms with Gasteiger partial charge >= 0.3 is 6.18 Å². The fourth-order valence-corrected chi connectivity index (χ4v) is 1.08. The Balaban J connectivity index is 0.00000225. The van der Waals surface area contributed by atoms with Crippen LogP contribution in [0.1, 0.15) is 11.6 Å². The molecule has 4 N–H and O–H groups in total. The van der Waals surface area contributed by atoms with Crippen molar-refractivity contribution in [1.82, 2.24) is 0 Å². The van der Waals surface area contributed by atoms with E-state index in [4.69, 9.17) is 15.9 Å². The fourth-order valence-electron chi connectivity index (χ4n) is 1.08. The maximum Gasteiger partial charge on any atom is 0.416 e. The number of aliphatic hydroxyl groups is 1. The Morgan fingerprint density at radius 2 is 1.56 bits per heavy atom. The van der Waals surface area contributed by atoms with Gasteiger partial charge in [-0.1, -0.05) is 12.1 Å². The van der Waals surface area contributed by atoms with Crippen molar-refractivity contribution in [3.63, 3.8) is 0 Å². The zero-order valence-electron chi connectivity index (χ0n) is 7.98. The lowest BCUT2D eigenvalue weighted by atomic mass is 10.0. The van der Waals surface area contributed by atoms with E-state index in [1.807, 2.05) is 0 Å². The lowest BCUT2D eigenvalue weighted by Crippen LogP contribution is -2.38. The van der Waals surface area contributed by atoms with Crippen LogP contribution in [-0.2, 0) is 0 Å². The number of nitrogens with two attached hydrogens (primary N) is 1. The van der Waals surface area contributed by atoms with Gasteiger partial charge in [-0.2, -0.15) is 13.2 Å². The SMILES string of the molecule is Cl.N[C@H](c1ccc(O)cc1)[C@@H](O)C(F)(F)F. The number of hydrogen-bond acceptors (Lipinski definition) is 3. The molecule has 1 aromatic rings. The largest absolute Gasteiger partial charge is 0.508 e. The van der Waals surface area contributed by atoms with E-state index in [2.05, 4.69) is 0 Å². The Bertz CT molecular complexity index is 329. The highest BCUT2D eigenvalue weighted by Gasteiger charge is 2.42. The number of phenolic OH excluding ortho intramolecular Hbond substituents is 1. The van der Waals surface area contributed by atoms with Crippen LogP contribution in [0.5, 0.6) is 5.75 Å². The van der Waals surface area contributed by atoms with Crippen LogP contribution in [0.4, 0.5) is 13.2 Å². The normalized spacial score (nSPS) is 15.1. The number of rotatable bonds is 2. The van der Waals surface area contributed by atoms with E-state index in [-0.39, 0.29) is 23.7 Å². The zero-order valence-corrected chi connectivity index (χ0v) is 8.79. The average molecular weight is 258 g/mol. The Kier molecular flexibility index (Phi) is 5.05. The molecule has 92 valence electrons. The number of hydrogen-bond donors (Lipinski definition) is 3. The molecule has 0 aliphatic heterocycles. The van der Waals surface area contributed by atoms with Crippen LogP contribution in [0, 0.1) is 0 Å². The molecule has 1 aromatic carbocycles. The van der Waals surface area contributed by atoms with Gasteiger partial charge in [0, 0.05) is 0 Å². The molecule has 0 saturated carbocycles. The first-order chi connectivity index (χ1) is 6.82. The fraction of sp³-hybridized carbons (Fsp3) is 0.333. The Labute approximate surface area is 96.1 Å². The molecule has 0 spiro atoms. The van der Waals surface area contributed by atoms with Gasteiger partial charge in [0.1, 0.15) is 5.75 Å². The van der Waals surface area contributed by atoms with Gasteiger partial charge in [0.2, 0.25) is 0 Å². The number of phenols is 1. The third kappa shape index (κ3) is 3.55. The first kappa shape index (κ1) is 15.0. The van der Waals surface area contributed by atoms with Crippen LogP contribution in [-0.4, -0.2) is 22.5 Å². The van der Waals surface area contributed by atoms with Gasteiger partial charge < -0.3 is 15.9 Å². The van der Waals surface area contributed by atoms with E-state index in [1.54, 1.807) is 0 Å². The lowest BCUT2D eigenvalue weighted by molar-refractivity contribution is -0.210. The quantitative estimate of drug-likeness (QED) is 0.756. The lowest BCUT2D eigenvalue weighted by Gasteiger charge is -2.21. The summed E-state index contributed by atoms with van der Waals surface area (Å²) < 4.78 is 36.3. The molecule has 0 fully saturated rings. The summed E-state index contributed by atoms with van der Waals surface area (Å²) in [7, 11) is 0. The summed E-state index contributed by atoms with van der Waals surface area (Å²) in [5.41, 5.74) is 5.33. The van der Waals surface area contributed by atoms with E-state index in [9.17, 15) is 13.2 Å². The molecule has 0 heterocycles. The van der Waals surface area contributed by atoms with E-state index < -0.39 is 18.3 Å². The van der Waals surface area contributed by atoms with Crippen molar-refractivity contribution in [2.24, 2.45) is 5.73 Å². The summed E-state index contributed by atoms with van der Waals surface area (Å²) in [5, 5.41) is 17.8. The summed E-state index contributed by atoms with van der Waals surface area (Å²) in [6.07, 6.45) is -7.36. The van der Waals surface area contributed by atoms with Crippen molar-refractivity contribution < 1.29 is 23.4 Å². The molecule has 0 amide bonds. The van der Waals surface area contributed by atoms with E-state index in [0.717, 1.165) is 0 Å². The number of alkyl halides is 3. The second kappa shape index (κ2) is 5.38. The van der Waals surface area contributed by atoms with Gasteiger partial charge in [0.05, 0.1) is 6.04 Å². The summed E-state index contributed by atoms with van der Waals surface area (Å²) in [5.74, 6) is -0.0764. The number of benzene rings is 1.